The Bertz CT molecular complexity index is 5260. The van der Waals surface area contributed by atoms with E-state index >= 15 is 0 Å². The summed E-state index contributed by atoms with van der Waals surface area (Å²) in [6.45, 7) is 24.4. The van der Waals surface area contributed by atoms with Gasteiger partial charge in [-0.1, -0.05) is 93.1 Å². The third-order valence-corrected chi connectivity index (χ3v) is 17.6. The summed E-state index contributed by atoms with van der Waals surface area (Å²) >= 11 is 5.90. The number of para-hydroxylation sites is 3. The van der Waals surface area contributed by atoms with Gasteiger partial charge in [0, 0.05) is 27.8 Å². The minimum absolute atomic E-state index is 0.0886. The van der Waals surface area contributed by atoms with Crippen LogP contribution in [0.3, 0.4) is 0 Å². The molecule has 0 unspecified atom stereocenters. The Labute approximate surface area is 626 Å². The number of ketones is 1. The number of rotatable bonds is 28. The molecule has 0 bridgehead atoms. The van der Waals surface area contributed by atoms with Crippen LogP contribution in [-0.2, 0) is 46.4 Å². The molecule has 32 heteroatoms. The van der Waals surface area contributed by atoms with Gasteiger partial charge in [0.05, 0.1) is 61.3 Å². The summed E-state index contributed by atoms with van der Waals surface area (Å²) in [6.07, 6.45) is 12.5. The van der Waals surface area contributed by atoms with Gasteiger partial charge in [-0.3, -0.25) is 28.8 Å². The molecular weight excluding hydrogens is 1490 g/mol. The molecule has 558 valence electrons. The summed E-state index contributed by atoms with van der Waals surface area (Å²) in [5.74, 6) is -2.74. The molecule has 0 aliphatic carbocycles. The highest BCUT2D eigenvalue weighted by Gasteiger charge is 2.26. The zero-order chi connectivity index (χ0) is 78.3. The van der Waals surface area contributed by atoms with E-state index in [4.69, 9.17) is 58.7 Å². The second-order valence-corrected chi connectivity index (χ2v) is 27.1. The molecule has 1 aliphatic rings. The van der Waals surface area contributed by atoms with E-state index in [1.165, 1.54) is 45.3 Å². The number of carbonyl (C=O) groups is 7. The van der Waals surface area contributed by atoms with Crippen LogP contribution in [-0.4, -0.2) is 132 Å². The van der Waals surface area contributed by atoms with Crippen molar-refractivity contribution in [2.75, 3.05) is 46.2 Å². The standard InChI is InChI=1S/2C18H19NO5S.2C13H11NO4S.C13H10O5S/c2*1-4-6-13-7-12(9-15-18(22)19-11(3)25-15)8-14(23-5-2)17(13)24-10-16(20)21;2*1-8-14-13(17)11(19-8)6-9-4-2-3-5-10(9)18-7-12(15)16;14-9-6-13(17)19-11(9)5-8-3-1-2-4-10(8)18-7-12(15)16/h2*4,7-9H,1,3,5-6,10H2,2H3,(H,19,22)(H,20,21);2*2-6H,1,7H2,(H,14,17)(H,15,16);1-5H,6-7H2,(H,15,16)/b2*15-9-;11-6-;;11-5+. The Balaban J connectivity index is 0.000000211. The van der Waals surface area contributed by atoms with Gasteiger partial charge < -0.3 is 78.6 Å². The number of carboxylic acids is 5. The van der Waals surface area contributed by atoms with Crippen molar-refractivity contribution in [3.05, 3.63) is 244 Å². The number of benzene rings is 5. The average molecular weight is 1560 g/mol. The number of ether oxygens (including phenoxy) is 7. The fourth-order valence-electron chi connectivity index (χ4n) is 9.10. The number of aromatic amines is 4. The van der Waals surface area contributed by atoms with Crippen molar-refractivity contribution in [1.29, 1.82) is 0 Å². The molecule has 5 aromatic carbocycles. The molecule has 0 amide bonds. The highest BCUT2D eigenvalue weighted by molar-refractivity contribution is 8.18. The van der Waals surface area contributed by atoms with Crippen molar-refractivity contribution in [3.8, 4) is 40.2 Å². The molecule has 9 aromatic rings. The van der Waals surface area contributed by atoms with Crippen molar-refractivity contribution in [3.63, 3.8) is 0 Å². The number of allylic oxidation sites excluding steroid dienone is 3. The van der Waals surface area contributed by atoms with Crippen LogP contribution in [0.1, 0.15) is 59.2 Å². The molecule has 0 radical (unpaired) electrons. The van der Waals surface area contributed by atoms with Gasteiger partial charge >= 0.3 is 29.8 Å². The molecular formula is C75H70N4O23S5. The topological polar surface area (TPSA) is 417 Å². The maximum absolute atomic E-state index is 11.9. The third-order valence-electron chi connectivity index (χ3n) is 13.2. The number of carbonyl (C=O) groups excluding carboxylic acids is 2. The van der Waals surface area contributed by atoms with E-state index in [9.17, 15) is 52.7 Å². The van der Waals surface area contributed by atoms with E-state index in [-0.39, 0.29) is 39.6 Å². The van der Waals surface area contributed by atoms with Crippen LogP contribution in [0.5, 0.6) is 40.2 Å². The summed E-state index contributed by atoms with van der Waals surface area (Å²) in [7, 11) is 0. The van der Waals surface area contributed by atoms with Gasteiger partial charge in [0.2, 0.25) is 5.12 Å². The van der Waals surface area contributed by atoms with Gasteiger partial charge in [-0.05, 0) is 122 Å². The summed E-state index contributed by atoms with van der Waals surface area (Å²) in [6, 6.07) is 27.7. The normalized spacial score (nSPS) is 12.4. The first kappa shape index (κ1) is 83.6. The summed E-state index contributed by atoms with van der Waals surface area (Å²) < 4.78 is 41.8. The Morgan fingerprint density at radius 2 is 0.710 bits per heavy atom. The lowest BCUT2D eigenvalue weighted by Gasteiger charge is -2.15. The monoisotopic (exact) mass is 1550 g/mol. The maximum Gasteiger partial charge on any atom is 0.341 e. The molecule has 10 rings (SSSR count). The lowest BCUT2D eigenvalue weighted by Crippen LogP contribution is -2.19. The van der Waals surface area contributed by atoms with E-state index in [2.05, 4.69) is 59.4 Å². The first-order valence-corrected chi connectivity index (χ1v) is 35.5. The Kier molecular flexibility index (Phi) is 32.7. The number of hydrogen-bond donors (Lipinski definition) is 9. The van der Waals surface area contributed by atoms with Crippen LogP contribution in [0.4, 0.5) is 0 Å². The van der Waals surface area contributed by atoms with Crippen molar-refractivity contribution in [2.24, 2.45) is 0 Å². The lowest BCUT2D eigenvalue weighted by atomic mass is 10.1. The first-order chi connectivity index (χ1) is 51.1. The third kappa shape index (κ3) is 27.3. The predicted octanol–water partition coefficient (Wildman–Crippen LogP) is 4.53. The summed E-state index contributed by atoms with van der Waals surface area (Å²) in [4.78, 5) is 133. The van der Waals surface area contributed by atoms with Crippen molar-refractivity contribution < 1.29 is 92.3 Å². The fourth-order valence-corrected chi connectivity index (χ4v) is 12.9. The summed E-state index contributed by atoms with van der Waals surface area (Å²) in [5.41, 5.74) is 3.99. The van der Waals surface area contributed by atoms with E-state index in [1.807, 2.05) is 26.0 Å². The number of carboxylic acid groups (broad SMARTS) is 5. The zero-order valence-corrected chi connectivity index (χ0v) is 61.3. The molecule has 0 spiro atoms. The smallest absolute Gasteiger partial charge is 0.341 e. The van der Waals surface area contributed by atoms with Crippen molar-refractivity contribution >= 4 is 155 Å². The average Bonchev–Trinajstić information content (AvgIpc) is 1.36. The number of nitrogens with one attached hydrogen (secondary N) is 4. The zero-order valence-electron chi connectivity index (χ0n) is 57.2. The highest BCUT2D eigenvalue weighted by Crippen LogP contribution is 2.36. The van der Waals surface area contributed by atoms with Crippen LogP contribution >= 0.6 is 57.1 Å². The second-order valence-electron chi connectivity index (χ2n) is 21.4. The molecule has 5 heterocycles. The van der Waals surface area contributed by atoms with E-state index in [1.54, 1.807) is 127 Å². The van der Waals surface area contributed by atoms with Gasteiger partial charge in [-0.25, -0.2) is 24.0 Å². The molecule has 0 atom stereocenters. The van der Waals surface area contributed by atoms with Crippen LogP contribution in [0.15, 0.2) is 146 Å². The van der Waals surface area contributed by atoms with E-state index in [0.717, 1.165) is 34.0 Å². The number of H-pyrrole nitrogens is 4. The molecule has 1 saturated heterocycles. The fraction of sp³-hybridized carbons (Fsp3) is 0.160. The van der Waals surface area contributed by atoms with Gasteiger partial charge in [-0.15, -0.1) is 58.5 Å². The van der Waals surface area contributed by atoms with Gasteiger partial charge in [0.1, 0.15) is 17.2 Å². The minimum Gasteiger partial charge on any atom is -0.490 e. The largest absolute Gasteiger partial charge is 0.490 e. The molecule has 27 nitrogen and oxygen atoms in total. The predicted molar refractivity (Wildman–Crippen MR) is 411 cm³/mol. The quantitative estimate of drug-likeness (QED) is 0.0185. The number of aromatic nitrogens is 4. The number of thiazole rings is 4. The van der Waals surface area contributed by atoms with Crippen LogP contribution in [0.2, 0.25) is 0 Å². The molecule has 4 aromatic heterocycles. The van der Waals surface area contributed by atoms with Gasteiger partial charge in [0.15, 0.2) is 61.8 Å². The minimum atomic E-state index is -1.08. The Hall–Kier alpha value is -12.4. The van der Waals surface area contributed by atoms with Gasteiger partial charge in [0.25, 0.3) is 22.2 Å². The molecule has 1 fully saturated rings. The van der Waals surface area contributed by atoms with Gasteiger partial charge in [-0.2, -0.15) is 0 Å². The number of aliphatic carboxylic acids is 5. The van der Waals surface area contributed by atoms with Crippen LogP contribution in [0.25, 0.3) is 56.7 Å². The molecule has 0 saturated carbocycles. The molecule has 1 aliphatic heterocycles. The molecule has 107 heavy (non-hydrogen) atoms. The van der Waals surface area contributed by atoms with E-state index in [0.29, 0.717) is 125 Å². The Morgan fingerprint density at radius 3 is 0.981 bits per heavy atom. The number of hydrogen-bond acceptors (Lipinski definition) is 23. The number of thioether (sulfide) groups is 1. The summed E-state index contributed by atoms with van der Waals surface area (Å²) in [5, 5.41) is 43.3. The van der Waals surface area contributed by atoms with E-state index < -0.39 is 62.9 Å². The lowest BCUT2D eigenvalue weighted by molar-refractivity contribution is -0.140. The van der Waals surface area contributed by atoms with Crippen LogP contribution in [0, 0.1) is 0 Å². The van der Waals surface area contributed by atoms with Crippen molar-refractivity contribution in [1.82, 2.24) is 19.9 Å². The Morgan fingerprint density at radius 1 is 0.411 bits per heavy atom. The molecule has 9 N–H and O–H groups in total. The van der Waals surface area contributed by atoms with Crippen LogP contribution < -0.4 is 92.2 Å². The number of Topliss-reactive ketones (excluding diaryl/α,β-unsaturated/α-hetero) is 1. The maximum atomic E-state index is 11.9. The second kappa shape index (κ2) is 41.8. The SMILES string of the molecule is C=CCc1cc(/C=c2\sc(=C)[nH]c2=O)cc(OCC)c1OCC(=O)O.C=CCc1cc(/C=c2\sc(=C)[nH]c2=O)cc(OCC)c1OCC(=O)O.C=c1[nH]c(=O)/c(=C/c2ccccc2OCC(=O)O)s1.C=c1[nH]c(=O)c(=Cc2ccccc2OCC(=O)O)s1.O=C(O)COc1ccccc1/C=C1/SC(=O)CC1=O. The van der Waals surface area contributed by atoms with Crippen molar-refractivity contribution in [2.45, 2.75) is 33.1 Å². The first-order valence-electron chi connectivity index (χ1n) is 31.4. The highest BCUT2D eigenvalue weighted by atomic mass is 32.2.